The lowest BCUT2D eigenvalue weighted by Crippen LogP contribution is -2.31. The van der Waals surface area contributed by atoms with Gasteiger partial charge < -0.3 is 10.2 Å². The van der Waals surface area contributed by atoms with E-state index in [0.29, 0.717) is 6.07 Å². The highest BCUT2D eigenvalue weighted by Crippen LogP contribution is 2.37. The minimum absolute atomic E-state index is 0.0540. The van der Waals surface area contributed by atoms with Crippen LogP contribution in [0.15, 0.2) is 11.0 Å². The van der Waals surface area contributed by atoms with E-state index in [4.69, 9.17) is 10.4 Å². The van der Waals surface area contributed by atoms with Crippen LogP contribution < -0.4 is 11.3 Å². The Morgan fingerprint density at radius 1 is 1.33 bits per heavy atom. The Bertz CT molecular complexity index is 623. The molecule has 0 aliphatic heterocycles. The van der Waals surface area contributed by atoms with Gasteiger partial charge in [0, 0.05) is 5.56 Å². The lowest BCUT2D eigenvalue weighted by atomic mass is 10.1. The number of rotatable bonds is 3. The average molecular weight is 276 g/mol. The molecular weight excluding hydrogens is 268 g/mol. The molecule has 0 unspecified atom stereocenters. The van der Waals surface area contributed by atoms with Crippen LogP contribution in [0.1, 0.15) is 20.7 Å². The number of hydrogen-bond donors (Lipinski definition) is 5. The summed E-state index contributed by atoms with van der Waals surface area (Å²) >= 11 is 0. The standard InChI is InChI=1S/C8H8N2O7S/c9-10-8(14)5-3(2-11)1-4(18(15,16)17)6(12)7(5)13/h1-2,12-13H,9H2,(H,10,14)(H,15,16,17). The summed E-state index contributed by atoms with van der Waals surface area (Å²) in [7, 11) is -4.87. The number of amides is 1. The fraction of sp³-hybridized carbons (Fsp3) is 0. The van der Waals surface area contributed by atoms with E-state index >= 15 is 0 Å². The molecule has 1 rings (SSSR count). The van der Waals surface area contributed by atoms with Crippen molar-refractivity contribution in [3.8, 4) is 11.5 Å². The highest BCUT2D eigenvalue weighted by atomic mass is 32.2. The van der Waals surface area contributed by atoms with Gasteiger partial charge in [-0.25, -0.2) is 5.84 Å². The molecule has 0 saturated carbocycles. The Hall–Kier alpha value is -2.17. The minimum Gasteiger partial charge on any atom is -0.504 e. The maximum absolute atomic E-state index is 11.2. The molecule has 0 aliphatic carbocycles. The Kier molecular flexibility index (Phi) is 3.55. The zero-order valence-corrected chi connectivity index (χ0v) is 9.43. The topological polar surface area (TPSA) is 167 Å². The third kappa shape index (κ3) is 2.25. The molecule has 0 aromatic heterocycles. The van der Waals surface area contributed by atoms with Crippen LogP contribution in [0.25, 0.3) is 0 Å². The smallest absolute Gasteiger partial charge is 0.298 e. The largest absolute Gasteiger partial charge is 0.504 e. The van der Waals surface area contributed by atoms with Gasteiger partial charge in [-0.2, -0.15) is 8.42 Å². The van der Waals surface area contributed by atoms with Crippen molar-refractivity contribution in [2.24, 2.45) is 5.84 Å². The number of phenolic OH excluding ortho intramolecular Hbond substituents is 2. The van der Waals surface area contributed by atoms with Crippen LogP contribution >= 0.6 is 0 Å². The number of benzene rings is 1. The second kappa shape index (κ2) is 4.60. The maximum atomic E-state index is 11.2. The van der Waals surface area contributed by atoms with Gasteiger partial charge in [0.05, 0.1) is 5.56 Å². The molecular formula is C8H8N2O7S. The number of carbonyl (C=O) groups excluding carboxylic acids is 2. The number of nitrogen functional groups attached to an aromatic ring is 1. The first-order valence-corrected chi connectivity index (χ1v) is 5.70. The molecule has 0 spiro atoms. The average Bonchev–Trinajstić information content (AvgIpc) is 2.29. The molecule has 1 aromatic carbocycles. The van der Waals surface area contributed by atoms with Crippen LogP contribution in [0.3, 0.4) is 0 Å². The lowest BCUT2D eigenvalue weighted by Gasteiger charge is -2.10. The van der Waals surface area contributed by atoms with Gasteiger partial charge in [-0.1, -0.05) is 0 Å². The van der Waals surface area contributed by atoms with Gasteiger partial charge in [-0.05, 0) is 6.07 Å². The van der Waals surface area contributed by atoms with Crippen molar-refractivity contribution in [2.45, 2.75) is 4.90 Å². The number of nitrogens with one attached hydrogen (secondary N) is 1. The lowest BCUT2D eigenvalue weighted by molar-refractivity contribution is 0.0944. The summed E-state index contributed by atoms with van der Waals surface area (Å²) in [5.74, 6) is 1.23. The molecule has 1 aromatic rings. The minimum atomic E-state index is -4.87. The first-order valence-electron chi connectivity index (χ1n) is 4.26. The number of hydrazine groups is 1. The van der Waals surface area contributed by atoms with Gasteiger partial charge in [0.15, 0.2) is 17.8 Å². The van der Waals surface area contributed by atoms with E-state index in [9.17, 15) is 28.2 Å². The molecule has 0 atom stereocenters. The van der Waals surface area contributed by atoms with E-state index in [1.165, 1.54) is 0 Å². The first-order chi connectivity index (χ1) is 8.23. The van der Waals surface area contributed by atoms with Crippen LogP contribution in [0.4, 0.5) is 0 Å². The maximum Gasteiger partial charge on any atom is 0.298 e. The molecule has 6 N–H and O–H groups in total. The summed E-state index contributed by atoms with van der Waals surface area (Å²) in [6.07, 6.45) is 0.0540. The number of hydrogen-bond acceptors (Lipinski definition) is 7. The molecule has 98 valence electrons. The van der Waals surface area contributed by atoms with Gasteiger partial charge in [0.2, 0.25) is 0 Å². The second-order valence-corrected chi connectivity index (χ2v) is 4.49. The number of aromatic hydroxyl groups is 2. The fourth-order valence-corrected chi connectivity index (χ4v) is 1.87. The second-order valence-electron chi connectivity index (χ2n) is 3.10. The van der Waals surface area contributed by atoms with Crippen LogP contribution in [-0.4, -0.2) is 35.4 Å². The quantitative estimate of drug-likeness (QED) is 0.114. The number of phenols is 2. The van der Waals surface area contributed by atoms with Gasteiger partial charge in [0.1, 0.15) is 4.90 Å². The summed E-state index contributed by atoms with van der Waals surface area (Å²) in [5.41, 5.74) is 0.322. The third-order valence-electron chi connectivity index (χ3n) is 2.03. The predicted octanol–water partition coefficient (Wildman–Crippen LogP) is -1.24. The Labute approximate surface area is 101 Å². The molecule has 1 amide bonds. The summed E-state index contributed by atoms with van der Waals surface area (Å²) in [4.78, 5) is 20.8. The van der Waals surface area contributed by atoms with Crippen LogP contribution in [0, 0.1) is 0 Å². The van der Waals surface area contributed by atoms with Crippen molar-refractivity contribution in [2.75, 3.05) is 0 Å². The van der Waals surface area contributed by atoms with Crippen molar-refractivity contribution < 1.29 is 32.8 Å². The predicted molar refractivity (Wildman–Crippen MR) is 56.6 cm³/mol. The summed E-state index contributed by atoms with van der Waals surface area (Å²) in [6.45, 7) is 0. The fourth-order valence-electron chi connectivity index (χ4n) is 1.25. The molecule has 10 heteroatoms. The van der Waals surface area contributed by atoms with E-state index < -0.39 is 43.5 Å². The van der Waals surface area contributed by atoms with Gasteiger partial charge >= 0.3 is 0 Å². The van der Waals surface area contributed by atoms with Gasteiger partial charge in [0.25, 0.3) is 16.0 Å². The van der Waals surface area contributed by atoms with E-state index in [2.05, 4.69) is 0 Å². The van der Waals surface area contributed by atoms with Gasteiger partial charge in [-0.15, -0.1) is 0 Å². The van der Waals surface area contributed by atoms with Crippen LogP contribution in [0.5, 0.6) is 11.5 Å². The molecule has 0 bridgehead atoms. The zero-order chi connectivity index (χ0) is 14.1. The summed E-state index contributed by atoms with van der Waals surface area (Å²) in [6, 6.07) is 0.530. The molecule has 0 saturated heterocycles. The van der Waals surface area contributed by atoms with Crippen molar-refractivity contribution in [3.63, 3.8) is 0 Å². The Morgan fingerprint density at radius 2 is 1.89 bits per heavy atom. The van der Waals surface area contributed by atoms with Crippen molar-refractivity contribution >= 4 is 22.3 Å². The SMILES string of the molecule is NNC(=O)c1c(C=O)cc(S(=O)(=O)O)c(O)c1O. The molecule has 0 aliphatic rings. The summed E-state index contributed by atoms with van der Waals surface area (Å²) in [5, 5.41) is 18.8. The molecule has 9 nitrogen and oxygen atoms in total. The molecule has 0 heterocycles. The first kappa shape index (κ1) is 13.9. The molecule has 0 fully saturated rings. The highest BCUT2D eigenvalue weighted by Gasteiger charge is 2.26. The number of nitrogens with two attached hydrogens (primary N) is 1. The Morgan fingerprint density at radius 3 is 2.28 bits per heavy atom. The van der Waals surface area contributed by atoms with Gasteiger partial charge in [-0.3, -0.25) is 19.6 Å². The number of aldehydes is 1. The molecule has 0 radical (unpaired) electrons. The Balaban J connectivity index is 3.76. The zero-order valence-electron chi connectivity index (χ0n) is 8.61. The summed E-state index contributed by atoms with van der Waals surface area (Å²) < 4.78 is 30.5. The van der Waals surface area contributed by atoms with Crippen LogP contribution in [-0.2, 0) is 10.1 Å². The van der Waals surface area contributed by atoms with Crippen molar-refractivity contribution in [1.82, 2.24) is 5.43 Å². The van der Waals surface area contributed by atoms with Crippen molar-refractivity contribution in [1.29, 1.82) is 0 Å². The normalized spacial score (nSPS) is 11.0. The highest BCUT2D eigenvalue weighted by molar-refractivity contribution is 7.86. The molecule has 18 heavy (non-hydrogen) atoms. The van der Waals surface area contributed by atoms with E-state index in [-0.39, 0.29) is 6.29 Å². The van der Waals surface area contributed by atoms with E-state index in [1.807, 2.05) is 0 Å². The number of carbonyl (C=O) groups is 2. The third-order valence-corrected chi connectivity index (χ3v) is 2.90. The van der Waals surface area contributed by atoms with E-state index in [0.717, 1.165) is 0 Å². The van der Waals surface area contributed by atoms with E-state index in [1.54, 1.807) is 5.43 Å². The van der Waals surface area contributed by atoms with Crippen molar-refractivity contribution in [3.05, 3.63) is 17.2 Å². The monoisotopic (exact) mass is 276 g/mol. The van der Waals surface area contributed by atoms with Crippen LogP contribution in [0.2, 0.25) is 0 Å².